The van der Waals surface area contributed by atoms with Crippen molar-refractivity contribution in [3.8, 4) is 11.1 Å². The van der Waals surface area contributed by atoms with Gasteiger partial charge in [0.15, 0.2) is 0 Å². The number of hydrogen-bond acceptors (Lipinski definition) is 5. The van der Waals surface area contributed by atoms with Crippen LogP contribution < -0.4 is 4.72 Å². The largest absolute Gasteiger partial charge is 0.444 e. The number of carbonyl (C=O) groups is 1. The van der Waals surface area contributed by atoms with E-state index in [1.807, 2.05) is 84.9 Å². The van der Waals surface area contributed by atoms with Gasteiger partial charge in [-0.2, -0.15) is 0 Å². The van der Waals surface area contributed by atoms with Crippen LogP contribution in [0.5, 0.6) is 0 Å². The lowest BCUT2D eigenvalue weighted by Gasteiger charge is -2.39. The molecule has 0 saturated carbocycles. The van der Waals surface area contributed by atoms with Gasteiger partial charge >= 0.3 is 6.09 Å². The van der Waals surface area contributed by atoms with E-state index in [4.69, 9.17) is 9.47 Å². The molecule has 0 aromatic heterocycles. The van der Waals surface area contributed by atoms with Crippen LogP contribution >= 0.6 is 0 Å². The molecule has 1 aliphatic rings. The second-order valence-corrected chi connectivity index (χ2v) is 13.9. The first-order valence-corrected chi connectivity index (χ1v) is 14.3. The van der Waals surface area contributed by atoms with E-state index < -0.39 is 21.2 Å². The van der Waals surface area contributed by atoms with Crippen LogP contribution in [-0.2, 0) is 26.1 Å². The maximum absolute atomic E-state index is 13.1. The van der Waals surface area contributed by atoms with Gasteiger partial charge in [0.2, 0.25) is 10.0 Å². The van der Waals surface area contributed by atoms with Crippen molar-refractivity contribution in [1.82, 2.24) is 9.62 Å². The number of nitrogens with zero attached hydrogens (tertiary/aromatic N) is 1. The number of amides is 1. The van der Waals surface area contributed by atoms with E-state index in [0.717, 1.165) is 29.5 Å². The molecular formula is C29H42N2O5S. The molecule has 204 valence electrons. The monoisotopic (exact) mass is 530 g/mol. The first-order chi connectivity index (χ1) is 17.0. The number of nitrogens with one attached hydrogen (secondary N) is 1. The Morgan fingerprint density at radius 3 is 2.14 bits per heavy atom. The van der Waals surface area contributed by atoms with Crippen LogP contribution in [0.1, 0.15) is 72.4 Å². The van der Waals surface area contributed by atoms with Crippen LogP contribution in [0.15, 0.2) is 47.4 Å². The van der Waals surface area contributed by atoms with Gasteiger partial charge in [0.05, 0.1) is 17.1 Å². The highest BCUT2D eigenvalue weighted by Gasteiger charge is 2.34. The van der Waals surface area contributed by atoms with Gasteiger partial charge in [-0.15, -0.1) is 0 Å². The molecule has 7 nitrogen and oxygen atoms in total. The average Bonchev–Trinajstić information content (AvgIpc) is 2.75. The summed E-state index contributed by atoms with van der Waals surface area (Å²) in [5.74, 6) is 0. The third-order valence-electron chi connectivity index (χ3n) is 6.19. The number of benzene rings is 2. The number of ether oxygens (including phenoxy) is 2. The summed E-state index contributed by atoms with van der Waals surface area (Å²) >= 11 is 0. The Balaban J connectivity index is 1.67. The zero-order valence-electron chi connectivity index (χ0n) is 23.5. The summed E-state index contributed by atoms with van der Waals surface area (Å²) < 4.78 is 40.7. The minimum atomic E-state index is -3.69. The molecular weight excluding hydrogens is 488 g/mol. The summed E-state index contributed by atoms with van der Waals surface area (Å²) in [5.41, 5.74) is 2.08. The number of rotatable bonds is 6. The van der Waals surface area contributed by atoms with E-state index >= 15 is 0 Å². The van der Waals surface area contributed by atoms with E-state index in [9.17, 15) is 13.2 Å². The van der Waals surface area contributed by atoms with Gasteiger partial charge in [-0.1, -0.05) is 42.0 Å². The number of carbonyl (C=O) groups excluding carboxylic acids is 1. The molecule has 1 N–H and O–H groups in total. The highest BCUT2D eigenvalue weighted by molar-refractivity contribution is 7.89. The van der Waals surface area contributed by atoms with Crippen LogP contribution in [-0.4, -0.2) is 49.2 Å². The van der Waals surface area contributed by atoms with Crippen molar-refractivity contribution in [3.63, 3.8) is 0 Å². The van der Waals surface area contributed by atoms with Gasteiger partial charge in [0.1, 0.15) is 5.60 Å². The smallest absolute Gasteiger partial charge is 0.410 e. The fourth-order valence-electron chi connectivity index (χ4n) is 4.23. The maximum Gasteiger partial charge on any atom is 0.410 e. The normalized spacial score (nSPS) is 16.5. The summed E-state index contributed by atoms with van der Waals surface area (Å²) in [6, 6.07) is 13.2. The van der Waals surface area contributed by atoms with Crippen LogP contribution in [0.25, 0.3) is 11.1 Å². The van der Waals surface area contributed by atoms with Crippen molar-refractivity contribution in [1.29, 1.82) is 0 Å². The van der Waals surface area contributed by atoms with Gasteiger partial charge in [0, 0.05) is 24.2 Å². The highest BCUT2D eigenvalue weighted by atomic mass is 32.2. The second-order valence-electron chi connectivity index (χ2n) is 12.3. The highest BCUT2D eigenvalue weighted by Crippen LogP contribution is 2.31. The predicted molar refractivity (Wildman–Crippen MR) is 147 cm³/mol. The Bertz CT molecular complexity index is 1200. The van der Waals surface area contributed by atoms with Crippen molar-refractivity contribution in [2.24, 2.45) is 0 Å². The lowest BCUT2D eigenvalue weighted by molar-refractivity contribution is -0.0811. The first kappa shape index (κ1) is 29.1. The lowest BCUT2D eigenvalue weighted by atomic mass is 9.93. The number of hydrogen-bond donors (Lipinski definition) is 1. The molecule has 0 spiro atoms. The molecule has 1 aliphatic heterocycles. The summed E-state index contributed by atoms with van der Waals surface area (Å²) in [6.07, 6.45) is 1.19. The standard InChI is InChI=1S/C29H42N2O5S/c1-21-9-14-25(37(33,34)30-27(2,3)4)24(19-21)23-12-10-22(11-13-23)20-35-29(8)15-17-31(18-16-29)26(32)36-28(5,6)7/h9-14,19,30H,15-18,20H2,1-8H3. The van der Waals surface area contributed by atoms with Gasteiger partial charge in [-0.25, -0.2) is 17.9 Å². The fourth-order valence-corrected chi connectivity index (χ4v) is 5.86. The quantitative estimate of drug-likeness (QED) is 0.492. The third kappa shape index (κ3) is 8.28. The van der Waals surface area contributed by atoms with E-state index in [1.165, 1.54) is 0 Å². The molecule has 37 heavy (non-hydrogen) atoms. The van der Waals surface area contributed by atoms with Crippen molar-refractivity contribution in [2.45, 2.75) is 96.5 Å². The molecule has 1 fully saturated rings. The summed E-state index contributed by atoms with van der Waals surface area (Å²) in [5, 5.41) is 0. The Hall–Kier alpha value is -2.42. The minimum Gasteiger partial charge on any atom is -0.444 e. The number of sulfonamides is 1. The van der Waals surface area contributed by atoms with Crippen LogP contribution in [0.3, 0.4) is 0 Å². The molecule has 3 rings (SSSR count). The number of likely N-dealkylation sites (tertiary alicyclic amines) is 1. The molecule has 8 heteroatoms. The van der Waals surface area contributed by atoms with Crippen LogP contribution in [0, 0.1) is 6.92 Å². The van der Waals surface area contributed by atoms with Crippen molar-refractivity contribution >= 4 is 16.1 Å². The van der Waals surface area contributed by atoms with Crippen molar-refractivity contribution in [3.05, 3.63) is 53.6 Å². The summed E-state index contributed by atoms with van der Waals surface area (Å²) in [6.45, 7) is 16.8. The van der Waals surface area contributed by atoms with E-state index in [1.54, 1.807) is 11.0 Å². The second kappa shape index (κ2) is 10.8. The summed E-state index contributed by atoms with van der Waals surface area (Å²) in [4.78, 5) is 14.4. The van der Waals surface area contributed by atoms with Gasteiger partial charge in [-0.05, 0) is 85.4 Å². The van der Waals surface area contributed by atoms with E-state index in [0.29, 0.717) is 25.3 Å². The van der Waals surface area contributed by atoms with Crippen molar-refractivity contribution in [2.75, 3.05) is 13.1 Å². The molecule has 2 aromatic rings. The average molecular weight is 531 g/mol. The Kier molecular flexibility index (Phi) is 8.47. The number of piperidine rings is 1. The van der Waals surface area contributed by atoms with E-state index in [2.05, 4.69) is 11.6 Å². The molecule has 0 bridgehead atoms. The Morgan fingerprint density at radius 1 is 1.00 bits per heavy atom. The summed E-state index contributed by atoms with van der Waals surface area (Å²) in [7, 11) is -3.69. The van der Waals surface area contributed by atoms with Gasteiger partial charge in [0.25, 0.3) is 0 Å². The lowest BCUT2D eigenvalue weighted by Crippen LogP contribution is -2.47. The molecule has 2 aromatic carbocycles. The molecule has 0 radical (unpaired) electrons. The zero-order chi connectivity index (χ0) is 27.6. The third-order valence-corrected chi connectivity index (χ3v) is 8.01. The Morgan fingerprint density at radius 2 is 1.59 bits per heavy atom. The van der Waals surface area contributed by atoms with E-state index in [-0.39, 0.29) is 16.6 Å². The number of aryl methyl sites for hydroxylation is 1. The topological polar surface area (TPSA) is 84.9 Å². The van der Waals surface area contributed by atoms with Crippen molar-refractivity contribution < 1.29 is 22.7 Å². The fraction of sp³-hybridized carbons (Fsp3) is 0.552. The molecule has 1 amide bonds. The van der Waals surface area contributed by atoms with Gasteiger partial charge in [-0.3, -0.25) is 0 Å². The first-order valence-electron chi connectivity index (χ1n) is 12.8. The van der Waals surface area contributed by atoms with Gasteiger partial charge < -0.3 is 14.4 Å². The maximum atomic E-state index is 13.1. The SMILES string of the molecule is Cc1ccc(S(=O)(=O)NC(C)(C)C)c(-c2ccc(COC3(C)CCN(C(=O)OC(C)(C)C)CC3)cc2)c1. The molecule has 0 unspecified atom stereocenters. The van der Waals surface area contributed by atoms with Crippen LogP contribution in [0.2, 0.25) is 0 Å². The Labute approximate surface area is 222 Å². The molecule has 1 heterocycles. The van der Waals surface area contributed by atoms with Crippen LogP contribution in [0.4, 0.5) is 4.79 Å². The minimum absolute atomic E-state index is 0.265. The molecule has 0 aliphatic carbocycles. The zero-order valence-corrected chi connectivity index (χ0v) is 24.3. The molecule has 1 saturated heterocycles. The molecule has 0 atom stereocenters. The predicted octanol–water partition coefficient (Wildman–Crippen LogP) is 6.05.